The summed E-state index contributed by atoms with van der Waals surface area (Å²) in [5.74, 6) is 0. The van der Waals surface area contributed by atoms with Crippen molar-refractivity contribution >= 4 is 21.6 Å². The van der Waals surface area contributed by atoms with Crippen molar-refractivity contribution in [3.63, 3.8) is 0 Å². The number of hydrogen-bond donors (Lipinski definition) is 1. The van der Waals surface area contributed by atoms with E-state index in [1.54, 1.807) is 0 Å². The van der Waals surface area contributed by atoms with Crippen LogP contribution in [0, 0.1) is 22.2 Å². The molecule has 0 aliphatic heterocycles. The maximum absolute atomic E-state index is 8.82. The molecule has 0 atom stereocenters. The second-order valence-electron chi connectivity index (χ2n) is 5.83. The molecule has 0 bridgehead atoms. The van der Waals surface area contributed by atoms with E-state index in [1.807, 2.05) is 18.2 Å². The predicted octanol–water partition coefficient (Wildman–Crippen LogP) is 4.17. The van der Waals surface area contributed by atoms with Crippen LogP contribution >= 0.6 is 15.9 Å². The van der Waals surface area contributed by atoms with Crippen LogP contribution in [0.25, 0.3) is 0 Å². The zero-order valence-corrected chi connectivity index (χ0v) is 12.2. The third-order valence-electron chi connectivity index (χ3n) is 4.42. The minimum Gasteiger partial charge on any atom is -0.380 e. The lowest BCUT2D eigenvalue weighted by Gasteiger charge is -2.10. The average molecular weight is 293 g/mol. The molecule has 0 heterocycles. The molecular formula is C14H17BrN2. The molecule has 0 saturated heterocycles. The van der Waals surface area contributed by atoms with Crippen LogP contribution in [0.15, 0.2) is 22.7 Å². The van der Waals surface area contributed by atoms with Gasteiger partial charge in [-0.05, 0) is 45.0 Å². The van der Waals surface area contributed by atoms with E-state index in [2.05, 4.69) is 55.0 Å². The molecule has 3 heteroatoms. The Morgan fingerprint density at radius 3 is 2.24 bits per heavy atom. The predicted molar refractivity (Wildman–Crippen MR) is 73.8 cm³/mol. The molecule has 2 rings (SSSR count). The first-order valence-corrected chi connectivity index (χ1v) is 6.56. The van der Waals surface area contributed by atoms with Gasteiger partial charge in [-0.25, -0.2) is 0 Å². The Balaban J connectivity index is 2.20. The zero-order valence-electron chi connectivity index (χ0n) is 10.6. The van der Waals surface area contributed by atoms with Gasteiger partial charge in [0.05, 0.1) is 11.6 Å². The zero-order chi connectivity index (χ0) is 12.8. The molecule has 0 radical (unpaired) electrons. The third-order valence-corrected chi connectivity index (χ3v) is 5.07. The summed E-state index contributed by atoms with van der Waals surface area (Å²) >= 11 is 3.51. The molecule has 1 N–H and O–H groups in total. The summed E-state index contributed by atoms with van der Waals surface area (Å²) in [5, 5.41) is 12.4. The molecule has 0 spiro atoms. The van der Waals surface area contributed by atoms with Gasteiger partial charge in [-0.3, -0.25) is 0 Å². The van der Waals surface area contributed by atoms with Gasteiger partial charge in [0, 0.05) is 16.2 Å². The monoisotopic (exact) mass is 292 g/mol. The van der Waals surface area contributed by atoms with Crippen molar-refractivity contribution in [2.24, 2.45) is 10.8 Å². The van der Waals surface area contributed by atoms with Crippen LogP contribution in [-0.4, -0.2) is 6.04 Å². The fraction of sp³-hybridized carbons (Fsp3) is 0.500. The van der Waals surface area contributed by atoms with Gasteiger partial charge in [0.15, 0.2) is 0 Å². The molecule has 0 amide bonds. The van der Waals surface area contributed by atoms with Crippen LogP contribution in [0.4, 0.5) is 5.69 Å². The highest BCUT2D eigenvalue weighted by atomic mass is 79.9. The van der Waals surface area contributed by atoms with E-state index < -0.39 is 0 Å². The maximum Gasteiger partial charge on any atom is 0.0992 e. The Bertz CT molecular complexity index is 483. The SMILES string of the molecule is CC1(C)C(Nc2ccc(C#N)cc2Br)C1(C)C. The summed E-state index contributed by atoms with van der Waals surface area (Å²) in [6.45, 7) is 9.12. The fourth-order valence-corrected chi connectivity index (χ4v) is 2.91. The summed E-state index contributed by atoms with van der Waals surface area (Å²) in [7, 11) is 0. The molecule has 1 aromatic carbocycles. The summed E-state index contributed by atoms with van der Waals surface area (Å²) in [6.07, 6.45) is 0. The summed E-state index contributed by atoms with van der Waals surface area (Å²) < 4.78 is 0.954. The smallest absolute Gasteiger partial charge is 0.0992 e. The standard InChI is InChI=1S/C14H17BrN2/c1-13(2)12(14(13,3)4)17-11-6-5-9(8-16)7-10(11)15/h5-7,12,17H,1-4H3. The first kappa shape index (κ1) is 12.4. The fourth-order valence-electron chi connectivity index (χ4n) is 2.41. The van der Waals surface area contributed by atoms with Crippen LogP contribution in [0.1, 0.15) is 33.3 Å². The highest BCUT2D eigenvalue weighted by molar-refractivity contribution is 9.10. The first-order valence-electron chi connectivity index (χ1n) is 5.77. The minimum atomic E-state index is 0.306. The number of hydrogen-bond acceptors (Lipinski definition) is 2. The van der Waals surface area contributed by atoms with Crippen LogP contribution in [0.2, 0.25) is 0 Å². The number of benzene rings is 1. The molecular weight excluding hydrogens is 276 g/mol. The number of halogens is 1. The van der Waals surface area contributed by atoms with Crippen LogP contribution in [0.5, 0.6) is 0 Å². The molecule has 2 nitrogen and oxygen atoms in total. The van der Waals surface area contributed by atoms with Crippen molar-refractivity contribution < 1.29 is 0 Å². The lowest BCUT2D eigenvalue weighted by Crippen LogP contribution is -2.10. The van der Waals surface area contributed by atoms with E-state index >= 15 is 0 Å². The molecule has 1 aliphatic carbocycles. The van der Waals surface area contributed by atoms with Gasteiger partial charge >= 0.3 is 0 Å². The molecule has 17 heavy (non-hydrogen) atoms. The van der Waals surface area contributed by atoms with Gasteiger partial charge in [-0.2, -0.15) is 5.26 Å². The van der Waals surface area contributed by atoms with Crippen LogP contribution in [0.3, 0.4) is 0 Å². The second kappa shape index (κ2) is 3.74. The van der Waals surface area contributed by atoms with E-state index in [0.29, 0.717) is 22.4 Å². The Labute approximate surface area is 111 Å². The Morgan fingerprint density at radius 2 is 1.82 bits per heavy atom. The summed E-state index contributed by atoms with van der Waals surface area (Å²) in [5.41, 5.74) is 2.35. The molecule has 1 saturated carbocycles. The van der Waals surface area contributed by atoms with Crippen molar-refractivity contribution in [1.29, 1.82) is 5.26 Å². The quantitative estimate of drug-likeness (QED) is 0.888. The molecule has 1 aliphatic rings. The minimum absolute atomic E-state index is 0.306. The molecule has 1 fully saturated rings. The molecule has 1 aromatic rings. The first-order chi connectivity index (χ1) is 7.80. The maximum atomic E-state index is 8.82. The Kier molecular flexibility index (Phi) is 2.74. The number of anilines is 1. The van der Waals surface area contributed by atoms with Crippen LogP contribution in [-0.2, 0) is 0 Å². The lowest BCUT2D eigenvalue weighted by atomic mass is 10.0. The van der Waals surface area contributed by atoms with Gasteiger partial charge in [0.1, 0.15) is 0 Å². The molecule has 0 unspecified atom stereocenters. The second-order valence-corrected chi connectivity index (χ2v) is 6.68. The molecule has 0 aromatic heterocycles. The highest BCUT2D eigenvalue weighted by Gasteiger charge is 2.64. The van der Waals surface area contributed by atoms with Gasteiger partial charge in [0.2, 0.25) is 0 Å². The summed E-state index contributed by atoms with van der Waals surface area (Å²) in [4.78, 5) is 0. The Hall–Kier alpha value is -1.01. The van der Waals surface area contributed by atoms with Crippen molar-refractivity contribution in [3.05, 3.63) is 28.2 Å². The van der Waals surface area contributed by atoms with Gasteiger partial charge in [-0.1, -0.05) is 27.7 Å². The largest absolute Gasteiger partial charge is 0.380 e. The highest BCUT2D eigenvalue weighted by Crippen LogP contribution is 2.63. The van der Waals surface area contributed by atoms with E-state index in [9.17, 15) is 0 Å². The van der Waals surface area contributed by atoms with Gasteiger partial charge in [-0.15, -0.1) is 0 Å². The van der Waals surface area contributed by atoms with E-state index in [4.69, 9.17) is 5.26 Å². The number of nitrogens with zero attached hydrogens (tertiary/aromatic N) is 1. The topological polar surface area (TPSA) is 35.8 Å². The average Bonchev–Trinajstić information content (AvgIpc) is 2.63. The van der Waals surface area contributed by atoms with Crippen LogP contribution < -0.4 is 5.32 Å². The van der Waals surface area contributed by atoms with Gasteiger partial charge < -0.3 is 5.32 Å². The number of nitriles is 1. The number of rotatable bonds is 2. The lowest BCUT2D eigenvalue weighted by molar-refractivity contribution is 0.457. The Morgan fingerprint density at radius 1 is 1.24 bits per heavy atom. The third kappa shape index (κ3) is 1.85. The van der Waals surface area contributed by atoms with E-state index in [-0.39, 0.29) is 0 Å². The normalized spacial score (nSPS) is 20.7. The van der Waals surface area contributed by atoms with Crippen molar-refractivity contribution in [1.82, 2.24) is 0 Å². The van der Waals surface area contributed by atoms with Crippen molar-refractivity contribution in [2.75, 3.05) is 5.32 Å². The van der Waals surface area contributed by atoms with Crippen molar-refractivity contribution in [2.45, 2.75) is 33.7 Å². The molecule has 90 valence electrons. The van der Waals surface area contributed by atoms with E-state index in [1.165, 1.54) is 0 Å². The summed E-state index contributed by atoms with van der Waals surface area (Å²) in [6, 6.07) is 8.27. The number of nitrogens with one attached hydrogen (secondary N) is 1. The van der Waals surface area contributed by atoms with Crippen molar-refractivity contribution in [3.8, 4) is 6.07 Å². The van der Waals surface area contributed by atoms with Gasteiger partial charge in [0.25, 0.3) is 0 Å². The van der Waals surface area contributed by atoms with E-state index in [0.717, 1.165) is 10.2 Å².